The lowest BCUT2D eigenvalue weighted by Gasteiger charge is -2.09. The number of carbonyl (C=O) groups is 2. The molecular weight excluding hydrogens is 366 g/mol. The molecule has 0 atom stereocenters. The molecule has 1 heterocycles. The monoisotopic (exact) mass is 391 g/mol. The molecule has 1 aromatic heterocycles. The van der Waals surface area contributed by atoms with Crippen LogP contribution >= 0.6 is 0 Å². The number of fused-ring (bicyclic) bond motifs is 1. The Morgan fingerprint density at radius 3 is 2.59 bits per heavy atom. The number of hydrogen-bond donors (Lipinski definition) is 2. The van der Waals surface area contributed by atoms with E-state index in [9.17, 15) is 9.59 Å². The first-order valence-electron chi connectivity index (χ1n) is 9.82. The maximum Gasteiger partial charge on any atom is 0.251 e. The van der Waals surface area contributed by atoms with Crippen molar-refractivity contribution in [3.63, 3.8) is 0 Å². The summed E-state index contributed by atoms with van der Waals surface area (Å²) in [6, 6.07) is 16.3. The molecule has 0 saturated heterocycles. The van der Waals surface area contributed by atoms with E-state index in [1.54, 1.807) is 36.5 Å². The number of rotatable bonds is 9. The van der Waals surface area contributed by atoms with Gasteiger partial charge >= 0.3 is 0 Å². The fourth-order valence-electron chi connectivity index (χ4n) is 2.91. The van der Waals surface area contributed by atoms with E-state index in [1.807, 2.05) is 24.3 Å². The Hall–Kier alpha value is -3.41. The maximum absolute atomic E-state index is 12.3. The van der Waals surface area contributed by atoms with Crippen LogP contribution in [0.1, 0.15) is 36.5 Å². The average molecular weight is 391 g/mol. The molecule has 6 nitrogen and oxygen atoms in total. The minimum Gasteiger partial charge on any atom is -0.494 e. The summed E-state index contributed by atoms with van der Waals surface area (Å²) >= 11 is 0. The third-order valence-electron chi connectivity index (χ3n) is 4.45. The van der Waals surface area contributed by atoms with E-state index in [0.29, 0.717) is 23.4 Å². The lowest BCUT2D eigenvalue weighted by Crippen LogP contribution is -2.32. The molecule has 0 radical (unpaired) electrons. The largest absolute Gasteiger partial charge is 0.494 e. The quantitative estimate of drug-likeness (QED) is 0.537. The molecule has 2 N–H and O–H groups in total. The van der Waals surface area contributed by atoms with Gasteiger partial charge < -0.3 is 15.4 Å². The van der Waals surface area contributed by atoms with Gasteiger partial charge in [-0.1, -0.05) is 38.0 Å². The first-order chi connectivity index (χ1) is 14.2. The molecule has 0 aliphatic heterocycles. The fraction of sp³-hybridized carbons (Fsp3) is 0.261. The predicted octanol–water partition coefficient (Wildman–Crippen LogP) is 4.17. The van der Waals surface area contributed by atoms with Crippen molar-refractivity contribution in [1.29, 1.82) is 0 Å². The molecule has 2 aromatic carbocycles. The van der Waals surface area contributed by atoms with E-state index >= 15 is 0 Å². The summed E-state index contributed by atoms with van der Waals surface area (Å²) in [5.74, 6) is 0.111. The van der Waals surface area contributed by atoms with Crippen LogP contribution < -0.4 is 15.4 Å². The normalized spacial score (nSPS) is 10.5. The number of unbranched alkanes of at least 4 members (excludes halogenated alkanes) is 2. The van der Waals surface area contributed by atoms with Crippen molar-refractivity contribution >= 4 is 28.4 Å². The van der Waals surface area contributed by atoms with Gasteiger partial charge in [-0.25, -0.2) is 0 Å². The number of nitrogens with one attached hydrogen (secondary N) is 2. The average Bonchev–Trinajstić information content (AvgIpc) is 2.76. The van der Waals surface area contributed by atoms with Crippen molar-refractivity contribution in [3.05, 3.63) is 66.4 Å². The molecule has 0 bridgehead atoms. The Bertz CT molecular complexity index is 965. The van der Waals surface area contributed by atoms with Crippen LogP contribution in [0.2, 0.25) is 0 Å². The number of nitrogens with zero attached hydrogens (tertiary/aromatic N) is 1. The Labute approximate surface area is 170 Å². The zero-order valence-corrected chi connectivity index (χ0v) is 16.5. The van der Waals surface area contributed by atoms with E-state index < -0.39 is 0 Å². The van der Waals surface area contributed by atoms with Crippen molar-refractivity contribution in [3.8, 4) is 5.75 Å². The number of amides is 2. The van der Waals surface area contributed by atoms with Crippen molar-refractivity contribution in [2.75, 3.05) is 18.5 Å². The number of ether oxygens (including phenoxy) is 1. The van der Waals surface area contributed by atoms with Crippen molar-refractivity contribution < 1.29 is 14.3 Å². The van der Waals surface area contributed by atoms with Crippen molar-refractivity contribution in [1.82, 2.24) is 10.3 Å². The highest BCUT2D eigenvalue weighted by Gasteiger charge is 2.10. The molecular formula is C23H25N3O3. The topological polar surface area (TPSA) is 80.3 Å². The van der Waals surface area contributed by atoms with E-state index in [1.165, 1.54) is 0 Å². The lowest BCUT2D eigenvalue weighted by molar-refractivity contribution is -0.115. The summed E-state index contributed by atoms with van der Waals surface area (Å²) < 4.78 is 5.64. The SMILES string of the molecule is CCCCCOc1ccc(C(=O)NCC(=O)Nc2cccc3cccnc23)cc1. The highest BCUT2D eigenvalue weighted by molar-refractivity contribution is 6.03. The van der Waals surface area contributed by atoms with Crippen LogP contribution in [0.3, 0.4) is 0 Å². The van der Waals surface area contributed by atoms with Crippen LogP contribution in [0, 0.1) is 0 Å². The van der Waals surface area contributed by atoms with E-state index in [0.717, 1.165) is 30.4 Å². The van der Waals surface area contributed by atoms with Crippen LogP contribution in [0.15, 0.2) is 60.8 Å². The Balaban J connectivity index is 1.50. The van der Waals surface area contributed by atoms with E-state index in [-0.39, 0.29) is 18.4 Å². The molecule has 2 amide bonds. The van der Waals surface area contributed by atoms with Crippen molar-refractivity contribution in [2.24, 2.45) is 0 Å². The minimum absolute atomic E-state index is 0.128. The number of anilines is 1. The number of aromatic nitrogens is 1. The first kappa shape index (κ1) is 20.3. The smallest absolute Gasteiger partial charge is 0.251 e. The molecule has 3 aromatic rings. The van der Waals surface area contributed by atoms with Gasteiger partial charge in [0.25, 0.3) is 5.91 Å². The maximum atomic E-state index is 12.3. The third kappa shape index (κ3) is 5.78. The lowest BCUT2D eigenvalue weighted by atomic mass is 10.2. The second-order valence-electron chi connectivity index (χ2n) is 6.69. The van der Waals surface area contributed by atoms with Gasteiger partial charge in [-0.05, 0) is 42.8 Å². The minimum atomic E-state index is -0.313. The molecule has 150 valence electrons. The summed E-state index contributed by atoms with van der Waals surface area (Å²) in [5.41, 5.74) is 1.81. The number of para-hydroxylation sites is 1. The summed E-state index contributed by atoms with van der Waals surface area (Å²) in [5, 5.41) is 6.37. The van der Waals surface area contributed by atoms with E-state index in [2.05, 4.69) is 22.5 Å². The highest BCUT2D eigenvalue weighted by Crippen LogP contribution is 2.20. The zero-order valence-electron chi connectivity index (χ0n) is 16.5. The molecule has 3 rings (SSSR count). The van der Waals surface area contributed by atoms with Crippen molar-refractivity contribution in [2.45, 2.75) is 26.2 Å². The van der Waals surface area contributed by atoms with Gasteiger partial charge in [0.1, 0.15) is 5.75 Å². The summed E-state index contributed by atoms with van der Waals surface area (Å²) in [6.07, 6.45) is 4.97. The molecule has 0 saturated carbocycles. The van der Waals surface area contributed by atoms with E-state index in [4.69, 9.17) is 4.74 Å². The summed E-state index contributed by atoms with van der Waals surface area (Å²) in [7, 11) is 0. The van der Waals surface area contributed by atoms with Crippen LogP contribution in [0.5, 0.6) is 5.75 Å². The van der Waals surface area contributed by atoms with Crippen LogP contribution in [-0.2, 0) is 4.79 Å². The van der Waals surface area contributed by atoms with Crippen LogP contribution in [0.25, 0.3) is 10.9 Å². The second kappa shape index (κ2) is 10.2. The van der Waals surface area contributed by atoms with Gasteiger partial charge in [0.05, 0.1) is 24.4 Å². The van der Waals surface area contributed by atoms with Gasteiger partial charge in [-0.15, -0.1) is 0 Å². The summed E-state index contributed by atoms with van der Waals surface area (Å²) in [6.45, 7) is 2.69. The molecule has 0 aliphatic carbocycles. The standard InChI is InChI=1S/C23H25N3O3/c1-2-3-4-15-29-19-12-10-18(11-13-19)23(28)25-16-21(27)26-20-9-5-7-17-8-6-14-24-22(17)20/h5-14H,2-4,15-16H2,1H3,(H,25,28)(H,26,27). The Morgan fingerprint density at radius 1 is 1.00 bits per heavy atom. The fourth-order valence-corrected chi connectivity index (χ4v) is 2.91. The van der Waals surface area contributed by atoms with Gasteiger partial charge in [-0.2, -0.15) is 0 Å². The Kier molecular flexibility index (Phi) is 7.16. The van der Waals surface area contributed by atoms with Gasteiger partial charge in [-0.3, -0.25) is 14.6 Å². The second-order valence-corrected chi connectivity index (χ2v) is 6.69. The number of carbonyl (C=O) groups excluding carboxylic acids is 2. The summed E-state index contributed by atoms with van der Waals surface area (Å²) in [4.78, 5) is 28.8. The number of hydrogen-bond acceptors (Lipinski definition) is 4. The molecule has 0 fully saturated rings. The highest BCUT2D eigenvalue weighted by atomic mass is 16.5. The number of pyridine rings is 1. The molecule has 0 unspecified atom stereocenters. The van der Waals surface area contributed by atoms with Gasteiger partial charge in [0.2, 0.25) is 5.91 Å². The van der Waals surface area contributed by atoms with Gasteiger partial charge in [0, 0.05) is 17.1 Å². The first-order valence-corrected chi connectivity index (χ1v) is 9.82. The van der Waals surface area contributed by atoms with Crippen LogP contribution in [-0.4, -0.2) is 29.9 Å². The molecule has 0 aliphatic rings. The molecule has 0 spiro atoms. The van der Waals surface area contributed by atoms with Crippen LogP contribution in [0.4, 0.5) is 5.69 Å². The molecule has 6 heteroatoms. The zero-order chi connectivity index (χ0) is 20.5. The molecule has 29 heavy (non-hydrogen) atoms. The third-order valence-corrected chi connectivity index (χ3v) is 4.45. The van der Waals surface area contributed by atoms with Gasteiger partial charge in [0.15, 0.2) is 0 Å². The predicted molar refractivity (Wildman–Crippen MR) is 114 cm³/mol. The number of benzene rings is 2. The Morgan fingerprint density at radius 2 is 1.79 bits per heavy atom.